The smallest absolute Gasteiger partial charge is 0.322 e. The van der Waals surface area contributed by atoms with Crippen molar-refractivity contribution in [2.45, 2.75) is 12.2 Å². The molecule has 0 fully saturated rings. The predicted molar refractivity (Wildman–Crippen MR) is 93.3 cm³/mol. The summed E-state index contributed by atoms with van der Waals surface area (Å²) in [5, 5.41) is 4.89. The van der Waals surface area contributed by atoms with Gasteiger partial charge in [-0.2, -0.15) is 18.3 Å². The average molecular weight is 370 g/mol. The largest absolute Gasteiger partial charge is 0.416 e. The van der Waals surface area contributed by atoms with E-state index in [2.05, 4.69) is 15.1 Å². The van der Waals surface area contributed by atoms with Crippen LogP contribution in [0.4, 0.5) is 13.2 Å². The van der Waals surface area contributed by atoms with Gasteiger partial charge in [0.2, 0.25) is 5.56 Å². The second kappa shape index (κ2) is 6.39. The molecule has 136 valence electrons. The highest BCUT2D eigenvalue weighted by Gasteiger charge is 2.31. The van der Waals surface area contributed by atoms with Gasteiger partial charge in [0.25, 0.3) is 0 Å². The first-order valence-electron chi connectivity index (χ1n) is 8.07. The minimum atomic E-state index is -4.46. The molecule has 0 bridgehead atoms. The van der Waals surface area contributed by atoms with E-state index in [-0.39, 0.29) is 5.56 Å². The van der Waals surface area contributed by atoms with E-state index < -0.39 is 17.8 Å². The molecule has 0 aliphatic carbocycles. The molecule has 1 unspecified atom stereocenters. The van der Waals surface area contributed by atoms with Crippen LogP contribution in [0, 0.1) is 0 Å². The third-order valence-electron chi connectivity index (χ3n) is 4.32. The van der Waals surface area contributed by atoms with Crippen LogP contribution >= 0.6 is 0 Å². The zero-order chi connectivity index (χ0) is 19.0. The quantitative estimate of drug-likeness (QED) is 0.597. The van der Waals surface area contributed by atoms with Gasteiger partial charge in [-0.1, -0.05) is 30.3 Å². The lowest BCUT2D eigenvalue weighted by Gasteiger charge is -2.21. The van der Waals surface area contributed by atoms with Crippen molar-refractivity contribution in [3.8, 4) is 0 Å². The lowest BCUT2D eigenvalue weighted by molar-refractivity contribution is -0.137. The van der Waals surface area contributed by atoms with E-state index in [1.54, 1.807) is 24.3 Å². The van der Waals surface area contributed by atoms with Crippen LogP contribution in [-0.4, -0.2) is 19.7 Å². The molecule has 1 atom stereocenters. The molecule has 0 amide bonds. The maximum Gasteiger partial charge on any atom is 0.416 e. The Morgan fingerprint density at radius 3 is 2.59 bits per heavy atom. The van der Waals surface area contributed by atoms with Crippen LogP contribution in [0.5, 0.6) is 0 Å². The van der Waals surface area contributed by atoms with Gasteiger partial charge in [0.05, 0.1) is 11.1 Å². The van der Waals surface area contributed by atoms with Crippen LogP contribution in [-0.2, 0) is 6.18 Å². The molecule has 0 saturated carbocycles. The standard InChI is InChI=1S/C19H13F3N4O/c20-19(21,22)14-5-1-4-13(9-14)18(26-11-23-10-24-26)15-6-2-3-12-7-8-16(27)25-17(12)15/h1-11,18H,(H,25,27). The van der Waals surface area contributed by atoms with Crippen molar-refractivity contribution >= 4 is 10.9 Å². The minimum absolute atomic E-state index is 0.295. The van der Waals surface area contributed by atoms with Gasteiger partial charge < -0.3 is 4.98 Å². The van der Waals surface area contributed by atoms with Gasteiger partial charge in [0.1, 0.15) is 18.7 Å². The summed E-state index contributed by atoms with van der Waals surface area (Å²) in [4.78, 5) is 18.5. The van der Waals surface area contributed by atoms with E-state index in [0.29, 0.717) is 16.6 Å². The summed E-state index contributed by atoms with van der Waals surface area (Å²) < 4.78 is 41.1. The highest BCUT2D eigenvalue weighted by Crippen LogP contribution is 2.34. The minimum Gasteiger partial charge on any atom is -0.322 e. The van der Waals surface area contributed by atoms with Gasteiger partial charge in [-0.15, -0.1) is 0 Å². The SMILES string of the molecule is O=c1ccc2cccc(C(c3cccc(C(F)(F)F)c3)n3cncn3)c2[nH]1. The Kier molecular flexibility index (Phi) is 4.02. The molecule has 5 nitrogen and oxygen atoms in total. The number of H-pyrrole nitrogens is 1. The Labute approximate surface area is 151 Å². The molecule has 2 aromatic carbocycles. The van der Waals surface area contributed by atoms with Gasteiger partial charge in [0, 0.05) is 11.6 Å². The fourth-order valence-corrected chi connectivity index (χ4v) is 3.14. The molecular formula is C19H13F3N4O. The first kappa shape index (κ1) is 17.0. The van der Waals surface area contributed by atoms with Crippen LogP contribution < -0.4 is 5.56 Å². The number of para-hydroxylation sites is 1. The molecule has 0 aliphatic heterocycles. The van der Waals surface area contributed by atoms with Crippen molar-refractivity contribution in [2.75, 3.05) is 0 Å². The highest BCUT2D eigenvalue weighted by atomic mass is 19.4. The summed E-state index contributed by atoms with van der Waals surface area (Å²) in [6, 6.07) is 12.8. The summed E-state index contributed by atoms with van der Waals surface area (Å²) in [7, 11) is 0. The molecule has 8 heteroatoms. The third-order valence-corrected chi connectivity index (χ3v) is 4.32. The lowest BCUT2D eigenvalue weighted by Crippen LogP contribution is -2.16. The molecular weight excluding hydrogens is 357 g/mol. The molecule has 2 heterocycles. The van der Waals surface area contributed by atoms with Crippen LogP contribution in [0.25, 0.3) is 10.9 Å². The Hall–Kier alpha value is -3.42. The Morgan fingerprint density at radius 2 is 1.85 bits per heavy atom. The van der Waals surface area contributed by atoms with E-state index in [9.17, 15) is 18.0 Å². The van der Waals surface area contributed by atoms with Crippen molar-refractivity contribution in [1.82, 2.24) is 19.7 Å². The molecule has 0 radical (unpaired) electrons. The second-order valence-electron chi connectivity index (χ2n) is 6.04. The van der Waals surface area contributed by atoms with E-state index in [1.807, 2.05) is 6.07 Å². The number of hydrogen-bond donors (Lipinski definition) is 1. The van der Waals surface area contributed by atoms with Crippen LogP contribution in [0.15, 0.2) is 72.0 Å². The molecule has 4 rings (SSSR count). The van der Waals surface area contributed by atoms with Gasteiger partial charge in [0.15, 0.2) is 0 Å². The third kappa shape index (κ3) is 3.21. The second-order valence-corrected chi connectivity index (χ2v) is 6.04. The van der Waals surface area contributed by atoms with E-state index in [4.69, 9.17) is 0 Å². The van der Waals surface area contributed by atoms with E-state index in [1.165, 1.54) is 29.5 Å². The number of nitrogens with one attached hydrogen (secondary N) is 1. The summed E-state index contributed by atoms with van der Waals surface area (Å²) in [6.07, 6.45) is -1.71. The molecule has 4 aromatic rings. The zero-order valence-electron chi connectivity index (χ0n) is 13.8. The molecule has 0 saturated heterocycles. The topological polar surface area (TPSA) is 63.6 Å². The fraction of sp³-hybridized carbons (Fsp3) is 0.105. The number of fused-ring (bicyclic) bond motifs is 1. The average Bonchev–Trinajstić information content (AvgIpc) is 3.16. The molecule has 0 spiro atoms. The number of aromatic amines is 1. The summed E-state index contributed by atoms with van der Waals surface area (Å²) in [5.41, 5.74) is 0.501. The van der Waals surface area contributed by atoms with Crippen molar-refractivity contribution in [2.24, 2.45) is 0 Å². The molecule has 0 aliphatic rings. The summed E-state index contributed by atoms with van der Waals surface area (Å²) >= 11 is 0. The monoisotopic (exact) mass is 370 g/mol. The van der Waals surface area contributed by atoms with Crippen molar-refractivity contribution in [1.29, 1.82) is 0 Å². The number of hydrogen-bond acceptors (Lipinski definition) is 3. The fourth-order valence-electron chi connectivity index (χ4n) is 3.14. The van der Waals surface area contributed by atoms with Crippen molar-refractivity contribution < 1.29 is 13.2 Å². The summed E-state index contributed by atoms with van der Waals surface area (Å²) in [5.74, 6) is 0. The number of alkyl halides is 3. The first-order chi connectivity index (χ1) is 12.9. The zero-order valence-corrected chi connectivity index (χ0v) is 13.8. The maximum absolute atomic E-state index is 13.2. The lowest BCUT2D eigenvalue weighted by atomic mass is 9.95. The van der Waals surface area contributed by atoms with Gasteiger partial charge in [-0.05, 0) is 29.1 Å². The predicted octanol–water partition coefficient (Wildman–Crippen LogP) is 3.78. The number of nitrogens with zero attached hydrogens (tertiary/aromatic N) is 3. The Balaban J connectivity index is 1.98. The van der Waals surface area contributed by atoms with Crippen LogP contribution in [0.2, 0.25) is 0 Å². The van der Waals surface area contributed by atoms with Crippen molar-refractivity contribution in [3.05, 3.63) is 94.3 Å². The van der Waals surface area contributed by atoms with E-state index >= 15 is 0 Å². The van der Waals surface area contributed by atoms with Crippen LogP contribution in [0.3, 0.4) is 0 Å². The highest BCUT2D eigenvalue weighted by molar-refractivity contribution is 5.82. The normalized spacial score (nSPS) is 13.0. The number of halogens is 3. The first-order valence-corrected chi connectivity index (χ1v) is 8.07. The van der Waals surface area contributed by atoms with Gasteiger partial charge >= 0.3 is 6.18 Å². The van der Waals surface area contributed by atoms with Crippen molar-refractivity contribution in [3.63, 3.8) is 0 Å². The Bertz CT molecular complexity index is 1150. The number of aromatic nitrogens is 4. The Morgan fingerprint density at radius 1 is 1.04 bits per heavy atom. The molecule has 27 heavy (non-hydrogen) atoms. The number of pyridine rings is 1. The van der Waals surface area contributed by atoms with E-state index in [0.717, 1.165) is 17.5 Å². The van der Waals surface area contributed by atoms with Gasteiger partial charge in [-0.3, -0.25) is 4.79 Å². The van der Waals surface area contributed by atoms with Crippen LogP contribution in [0.1, 0.15) is 22.7 Å². The maximum atomic E-state index is 13.2. The summed E-state index contributed by atoms with van der Waals surface area (Å²) in [6.45, 7) is 0. The molecule has 2 aromatic heterocycles. The number of benzene rings is 2. The molecule has 1 N–H and O–H groups in total. The van der Waals surface area contributed by atoms with Gasteiger partial charge in [-0.25, -0.2) is 9.67 Å². The number of rotatable bonds is 3.